The first-order valence-corrected chi connectivity index (χ1v) is 6.10. The summed E-state index contributed by atoms with van der Waals surface area (Å²) >= 11 is 3.24. The molecule has 0 radical (unpaired) electrons. The second-order valence-electron chi connectivity index (χ2n) is 3.73. The predicted molar refractivity (Wildman–Crippen MR) is 70.6 cm³/mol. The largest absolute Gasteiger partial charge is 0.453 e. The molecule has 18 heavy (non-hydrogen) atoms. The van der Waals surface area contributed by atoms with Crippen LogP contribution in [0.1, 0.15) is 17.3 Å². The molecule has 0 aromatic heterocycles. The van der Waals surface area contributed by atoms with Gasteiger partial charge in [0, 0.05) is 4.47 Å². The lowest BCUT2D eigenvalue weighted by molar-refractivity contribution is 0.101. The van der Waals surface area contributed by atoms with Gasteiger partial charge in [0.15, 0.2) is 17.3 Å². The third kappa shape index (κ3) is 2.76. The lowest BCUT2D eigenvalue weighted by Gasteiger charge is -2.10. The maximum Gasteiger partial charge on any atom is 0.165 e. The SMILES string of the molecule is CC(=O)c1ccccc1Oc1cc(Br)ccc1F. The van der Waals surface area contributed by atoms with E-state index in [0.717, 1.165) is 0 Å². The lowest BCUT2D eigenvalue weighted by Crippen LogP contribution is -1.97. The Morgan fingerprint density at radius 3 is 2.61 bits per heavy atom. The van der Waals surface area contributed by atoms with Crippen LogP contribution < -0.4 is 4.74 Å². The number of para-hydroxylation sites is 1. The van der Waals surface area contributed by atoms with Gasteiger partial charge in [0.05, 0.1) is 5.56 Å². The van der Waals surface area contributed by atoms with Crippen molar-refractivity contribution in [1.29, 1.82) is 0 Å². The molecule has 0 heterocycles. The van der Waals surface area contributed by atoms with E-state index < -0.39 is 5.82 Å². The van der Waals surface area contributed by atoms with Crippen molar-refractivity contribution in [3.63, 3.8) is 0 Å². The predicted octanol–water partition coefficient (Wildman–Crippen LogP) is 4.58. The highest BCUT2D eigenvalue weighted by molar-refractivity contribution is 9.10. The molecule has 4 heteroatoms. The van der Waals surface area contributed by atoms with Crippen molar-refractivity contribution in [1.82, 2.24) is 0 Å². The van der Waals surface area contributed by atoms with E-state index in [1.54, 1.807) is 30.3 Å². The van der Waals surface area contributed by atoms with E-state index in [0.29, 0.717) is 15.8 Å². The molecular weight excluding hydrogens is 299 g/mol. The monoisotopic (exact) mass is 308 g/mol. The molecule has 0 saturated carbocycles. The highest BCUT2D eigenvalue weighted by Gasteiger charge is 2.11. The quantitative estimate of drug-likeness (QED) is 0.776. The van der Waals surface area contributed by atoms with Crippen LogP contribution in [0.15, 0.2) is 46.9 Å². The van der Waals surface area contributed by atoms with E-state index in [9.17, 15) is 9.18 Å². The molecule has 0 unspecified atom stereocenters. The molecular formula is C14H10BrFO2. The molecule has 0 aliphatic carbocycles. The summed E-state index contributed by atoms with van der Waals surface area (Å²) in [6.45, 7) is 1.44. The number of carbonyl (C=O) groups excluding carboxylic acids is 1. The van der Waals surface area contributed by atoms with Gasteiger partial charge in [0.1, 0.15) is 5.75 Å². The van der Waals surface area contributed by atoms with Crippen molar-refractivity contribution in [2.24, 2.45) is 0 Å². The maximum atomic E-state index is 13.6. The molecule has 2 rings (SSSR count). The Morgan fingerprint density at radius 1 is 1.17 bits per heavy atom. The smallest absolute Gasteiger partial charge is 0.165 e. The zero-order valence-corrected chi connectivity index (χ0v) is 11.2. The maximum absolute atomic E-state index is 13.6. The average molecular weight is 309 g/mol. The molecule has 0 aliphatic heterocycles. The van der Waals surface area contributed by atoms with E-state index in [1.165, 1.54) is 19.1 Å². The minimum Gasteiger partial charge on any atom is -0.453 e. The Kier molecular flexibility index (Phi) is 3.77. The van der Waals surface area contributed by atoms with E-state index >= 15 is 0 Å². The fraction of sp³-hybridized carbons (Fsp3) is 0.0714. The minimum atomic E-state index is -0.475. The van der Waals surface area contributed by atoms with Gasteiger partial charge in [-0.2, -0.15) is 0 Å². The van der Waals surface area contributed by atoms with Gasteiger partial charge in [-0.15, -0.1) is 0 Å². The number of ether oxygens (including phenoxy) is 1. The second-order valence-corrected chi connectivity index (χ2v) is 4.64. The van der Waals surface area contributed by atoms with Crippen LogP contribution in [0.25, 0.3) is 0 Å². The van der Waals surface area contributed by atoms with Gasteiger partial charge in [-0.05, 0) is 37.3 Å². The zero-order chi connectivity index (χ0) is 13.1. The number of Topliss-reactive ketones (excluding diaryl/α,β-unsaturated/α-hetero) is 1. The Balaban J connectivity index is 2.40. The van der Waals surface area contributed by atoms with Crippen molar-refractivity contribution in [2.45, 2.75) is 6.92 Å². The Bertz CT molecular complexity index is 596. The molecule has 0 bridgehead atoms. The Morgan fingerprint density at radius 2 is 1.89 bits per heavy atom. The zero-order valence-electron chi connectivity index (χ0n) is 9.61. The van der Waals surface area contributed by atoms with Crippen molar-refractivity contribution in [3.05, 3.63) is 58.3 Å². The van der Waals surface area contributed by atoms with Crippen molar-refractivity contribution < 1.29 is 13.9 Å². The third-order valence-corrected chi connectivity index (χ3v) is 2.87. The van der Waals surface area contributed by atoms with Crippen LogP contribution >= 0.6 is 15.9 Å². The van der Waals surface area contributed by atoms with Crippen molar-refractivity contribution in [3.8, 4) is 11.5 Å². The van der Waals surface area contributed by atoms with Crippen molar-refractivity contribution in [2.75, 3.05) is 0 Å². The summed E-state index contributed by atoms with van der Waals surface area (Å²) in [5.41, 5.74) is 0.428. The average Bonchev–Trinajstić information content (AvgIpc) is 2.34. The van der Waals surface area contributed by atoms with Crippen LogP contribution in [0.3, 0.4) is 0 Å². The standard InChI is InChI=1S/C14H10BrFO2/c1-9(17)11-4-2-3-5-13(11)18-14-8-10(15)6-7-12(14)16/h2-8H,1H3. The van der Waals surface area contributed by atoms with E-state index in [2.05, 4.69) is 15.9 Å². The lowest BCUT2D eigenvalue weighted by atomic mass is 10.1. The summed E-state index contributed by atoms with van der Waals surface area (Å²) in [5, 5.41) is 0. The third-order valence-electron chi connectivity index (χ3n) is 2.38. The Labute approximate surface area is 113 Å². The molecule has 2 aromatic rings. The molecule has 0 fully saturated rings. The summed E-state index contributed by atoms with van der Waals surface area (Å²) in [7, 11) is 0. The normalized spacial score (nSPS) is 10.2. The molecule has 0 spiro atoms. The number of hydrogen-bond acceptors (Lipinski definition) is 2. The van der Waals surface area contributed by atoms with Gasteiger partial charge in [0.25, 0.3) is 0 Å². The van der Waals surface area contributed by atoms with E-state index in [-0.39, 0.29) is 11.5 Å². The van der Waals surface area contributed by atoms with Crippen LogP contribution in [0, 0.1) is 5.82 Å². The Hall–Kier alpha value is -1.68. The summed E-state index contributed by atoms with van der Waals surface area (Å²) in [6.07, 6.45) is 0. The first-order chi connectivity index (χ1) is 8.58. The molecule has 0 saturated heterocycles. The summed E-state index contributed by atoms with van der Waals surface area (Å²) < 4.78 is 19.7. The summed E-state index contributed by atoms with van der Waals surface area (Å²) in [6, 6.07) is 11.2. The summed E-state index contributed by atoms with van der Waals surface area (Å²) in [5.74, 6) is -0.169. The van der Waals surface area contributed by atoms with Crippen molar-refractivity contribution >= 4 is 21.7 Å². The summed E-state index contributed by atoms with van der Waals surface area (Å²) in [4.78, 5) is 11.4. The van der Waals surface area contributed by atoms with Gasteiger partial charge in [-0.3, -0.25) is 4.79 Å². The topological polar surface area (TPSA) is 26.3 Å². The highest BCUT2D eigenvalue weighted by Crippen LogP contribution is 2.29. The van der Waals surface area contributed by atoms with Crippen LogP contribution in [-0.2, 0) is 0 Å². The minimum absolute atomic E-state index is 0.0816. The number of halogens is 2. The molecule has 0 amide bonds. The van der Waals surface area contributed by atoms with Gasteiger partial charge in [0.2, 0.25) is 0 Å². The van der Waals surface area contributed by atoms with Crippen LogP contribution in [0.5, 0.6) is 11.5 Å². The number of ketones is 1. The first kappa shape index (κ1) is 12.8. The fourth-order valence-corrected chi connectivity index (χ4v) is 1.86. The van der Waals surface area contributed by atoms with E-state index in [1.807, 2.05) is 0 Å². The number of benzene rings is 2. The molecule has 2 aromatic carbocycles. The van der Waals surface area contributed by atoms with Crippen LogP contribution in [0.2, 0.25) is 0 Å². The van der Waals surface area contributed by atoms with Gasteiger partial charge in [-0.1, -0.05) is 28.1 Å². The van der Waals surface area contributed by atoms with Crippen LogP contribution in [-0.4, -0.2) is 5.78 Å². The second kappa shape index (κ2) is 5.31. The number of hydrogen-bond donors (Lipinski definition) is 0. The van der Waals surface area contributed by atoms with Gasteiger partial charge in [-0.25, -0.2) is 4.39 Å². The van der Waals surface area contributed by atoms with E-state index in [4.69, 9.17) is 4.74 Å². The molecule has 0 atom stereocenters. The van der Waals surface area contributed by atoms with Gasteiger partial charge < -0.3 is 4.74 Å². The van der Waals surface area contributed by atoms with Crippen LogP contribution in [0.4, 0.5) is 4.39 Å². The van der Waals surface area contributed by atoms with Gasteiger partial charge >= 0.3 is 0 Å². The molecule has 2 nitrogen and oxygen atoms in total. The highest BCUT2D eigenvalue weighted by atomic mass is 79.9. The fourth-order valence-electron chi connectivity index (χ4n) is 1.52. The first-order valence-electron chi connectivity index (χ1n) is 5.31. The number of carbonyl (C=O) groups is 1. The number of rotatable bonds is 3. The molecule has 0 aliphatic rings. The molecule has 92 valence electrons. The molecule has 0 N–H and O–H groups in total.